The summed E-state index contributed by atoms with van der Waals surface area (Å²) in [4.78, 5) is 28.5. The van der Waals surface area contributed by atoms with E-state index in [9.17, 15) is 18.4 Å². The van der Waals surface area contributed by atoms with Crippen molar-refractivity contribution in [3.8, 4) is 0 Å². The Kier molecular flexibility index (Phi) is 3.67. The molecule has 0 amide bonds. The third kappa shape index (κ3) is 2.45. The van der Waals surface area contributed by atoms with Crippen LogP contribution in [-0.2, 0) is 21.1 Å². The number of fused-ring (bicyclic) bond motifs is 1. The maximum atomic E-state index is 13.2. The zero-order valence-corrected chi connectivity index (χ0v) is 13.2. The predicted molar refractivity (Wildman–Crippen MR) is 86.5 cm³/mol. The Hall–Kier alpha value is -3.03. The van der Waals surface area contributed by atoms with Gasteiger partial charge in [-0.25, -0.2) is 18.6 Å². The molecule has 6 nitrogen and oxygen atoms in total. The Bertz CT molecular complexity index is 1090. The van der Waals surface area contributed by atoms with Gasteiger partial charge in [-0.3, -0.25) is 13.9 Å². The summed E-state index contributed by atoms with van der Waals surface area (Å²) in [6, 6.07) is 3.14. The van der Waals surface area contributed by atoms with E-state index in [4.69, 9.17) is 0 Å². The third-order valence-corrected chi connectivity index (χ3v) is 3.82. The topological polar surface area (TPSA) is 61.8 Å². The highest BCUT2D eigenvalue weighted by Crippen LogP contribution is 2.14. The molecule has 0 atom stereocenters. The van der Waals surface area contributed by atoms with Crippen molar-refractivity contribution in [1.29, 1.82) is 0 Å². The second-order valence-electron chi connectivity index (χ2n) is 5.44. The summed E-state index contributed by atoms with van der Waals surface area (Å²) in [6.07, 6.45) is 3.01. The number of imidazole rings is 1. The first-order valence-corrected chi connectivity index (χ1v) is 7.06. The Morgan fingerprint density at radius 2 is 1.54 bits per heavy atom. The summed E-state index contributed by atoms with van der Waals surface area (Å²) in [5.41, 5.74) is -0.102. The van der Waals surface area contributed by atoms with Gasteiger partial charge in [0.1, 0.15) is 17.5 Å². The van der Waals surface area contributed by atoms with Crippen molar-refractivity contribution in [3.63, 3.8) is 0 Å². The lowest BCUT2D eigenvalue weighted by Crippen LogP contribution is -2.37. The minimum atomic E-state index is -0.684. The van der Waals surface area contributed by atoms with Crippen molar-refractivity contribution in [2.24, 2.45) is 21.1 Å². The SMILES string of the molecule is Cn1c(=O)c2c(nc(/C=C/c3cc(F)cc(F)c3)n2C)n(C)c1=O. The molecule has 0 saturated heterocycles. The second-order valence-corrected chi connectivity index (χ2v) is 5.44. The predicted octanol–water partition coefficient (Wildman–Crippen LogP) is 1.42. The van der Waals surface area contributed by atoms with Gasteiger partial charge in [-0.1, -0.05) is 6.08 Å². The fourth-order valence-electron chi connectivity index (χ4n) is 2.53. The molecule has 0 fully saturated rings. The van der Waals surface area contributed by atoms with Crippen molar-refractivity contribution in [2.45, 2.75) is 0 Å². The van der Waals surface area contributed by atoms with Gasteiger partial charge < -0.3 is 4.57 Å². The molecule has 0 radical (unpaired) electrons. The molecule has 3 rings (SSSR count). The van der Waals surface area contributed by atoms with Crippen molar-refractivity contribution in [1.82, 2.24) is 18.7 Å². The normalized spacial score (nSPS) is 11.7. The fourth-order valence-corrected chi connectivity index (χ4v) is 2.53. The van der Waals surface area contributed by atoms with Crippen LogP contribution in [0.1, 0.15) is 11.4 Å². The average Bonchev–Trinajstić information content (AvgIpc) is 2.85. The van der Waals surface area contributed by atoms with Gasteiger partial charge in [0.05, 0.1) is 0 Å². The van der Waals surface area contributed by atoms with E-state index in [1.165, 1.54) is 47.5 Å². The molecular formula is C16H14F2N4O2. The highest BCUT2D eigenvalue weighted by atomic mass is 19.1. The molecule has 24 heavy (non-hydrogen) atoms. The summed E-state index contributed by atoms with van der Waals surface area (Å²) < 4.78 is 30.2. The van der Waals surface area contributed by atoms with Crippen LogP contribution in [0.3, 0.4) is 0 Å². The van der Waals surface area contributed by atoms with E-state index >= 15 is 0 Å². The molecule has 0 unspecified atom stereocenters. The molecule has 0 saturated carbocycles. The monoisotopic (exact) mass is 332 g/mol. The number of hydrogen-bond acceptors (Lipinski definition) is 3. The van der Waals surface area contributed by atoms with Crippen LogP contribution in [0.4, 0.5) is 8.78 Å². The number of aromatic nitrogens is 4. The van der Waals surface area contributed by atoms with Crippen molar-refractivity contribution < 1.29 is 8.78 Å². The van der Waals surface area contributed by atoms with Gasteiger partial charge in [-0.05, 0) is 23.8 Å². The van der Waals surface area contributed by atoms with Crippen LogP contribution in [-0.4, -0.2) is 18.7 Å². The fraction of sp³-hybridized carbons (Fsp3) is 0.188. The lowest BCUT2D eigenvalue weighted by Gasteiger charge is -2.03. The molecule has 8 heteroatoms. The van der Waals surface area contributed by atoms with Crippen LogP contribution in [0.5, 0.6) is 0 Å². The summed E-state index contributed by atoms with van der Waals surface area (Å²) in [5, 5.41) is 0. The molecule has 0 aliphatic heterocycles. The third-order valence-electron chi connectivity index (χ3n) is 3.82. The summed E-state index contributed by atoms with van der Waals surface area (Å²) in [6.45, 7) is 0. The van der Waals surface area contributed by atoms with Crippen LogP contribution in [0, 0.1) is 11.6 Å². The van der Waals surface area contributed by atoms with Crippen LogP contribution >= 0.6 is 0 Å². The van der Waals surface area contributed by atoms with E-state index < -0.39 is 22.9 Å². The molecule has 2 aromatic heterocycles. The molecule has 0 spiro atoms. The van der Waals surface area contributed by atoms with Gasteiger partial charge in [0.15, 0.2) is 11.2 Å². The van der Waals surface area contributed by atoms with Gasteiger partial charge in [-0.2, -0.15) is 0 Å². The molecule has 1 aromatic carbocycles. The zero-order valence-electron chi connectivity index (χ0n) is 13.2. The van der Waals surface area contributed by atoms with E-state index in [1.54, 1.807) is 7.05 Å². The van der Waals surface area contributed by atoms with Crippen LogP contribution in [0.25, 0.3) is 23.3 Å². The number of benzene rings is 1. The first-order valence-electron chi connectivity index (χ1n) is 7.06. The maximum absolute atomic E-state index is 13.2. The molecule has 0 aliphatic carbocycles. The lowest BCUT2D eigenvalue weighted by molar-refractivity contribution is 0.583. The average molecular weight is 332 g/mol. The highest BCUT2D eigenvalue weighted by Gasteiger charge is 2.15. The van der Waals surface area contributed by atoms with Crippen molar-refractivity contribution in [2.75, 3.05) is 0 Å². The highest BCUT2D eigenvalue weighted by molar-refractivity contribution is 5.76. The van der Waals surface area contributed by atoms with Gasteiger partial charge in [0.25, 0.3) is 5.56 Å². The summed E-state index contributed by atoms with van der Waals surface area (Å²) in [7, 11) is 4.54. The Labute approximate surface area is 134 Å². The van der Waals surface area contributed by atoms with E-state index in [0.717, 1.165) is 10.6 Å². The largest absolute Gasteiger partial charge is 0.332 e. The molecule has 2 heterocycles. The van der Waals surface area contributed by atoms with Gasteiger partial charge in [0.2, 0.25) is 0 Å². The van der Waals surface area contributed by atoms with Crippen LogP contribution in [0.15, 0.2) is 27.8 Å². The number of nitrogens with zero attached hydrogens (tertiary/aromatic N) is 4. The van der Waals surface area contributed by atoms with Crippen LogP contribution < -0.4 is 11.2 Å². The number of halogens is 2. The Balaban J connectivity index is 2.18. The Morgan fingerprint density at radius 1 is 0.917 bits per heavy atom. The smallest absolute Gasteiger partial charge is 0.322 e. The van der Waals surface area contributed by atoms with Gasteiger partial charge in [0, 0.05) is 27.2 Å². The quantitative estimate of drug-likeness (QED) is 0.713. The first-order chi connectivity index (χ1) is 11.3. The zero-order chi connectivity index (χ0) is 17.6. The molecular weight excluding hydrogens is 318 g/mol. The summed E-state index contributed by atoms with van der Waals surface area (Å²) >= 11 is 0. The first kappa shape index (κ1) is 15.9. The molecule has 0 aliphatic rings. The maximum Gasteiger partial charge on any atom is 0.332 e. The number of aryl methyl sites for hydroxylation is 2. The van der Waals surface area contributed by atoms with Gasteiger partial charge >= 0.3 is 5.69 Å². The number of rotatable bonds is 2. The van der Waals surface area contributed by atoms with E-state index in [2.05, 4.69) is 4.98 Å². The lowest BCUT2D eigenvalue weighted by atomic mass is 10.2. The molecule has 124 valence electrons. The minimum Gasteiger partial charge on any atom is -0.322 e. The van der Waals surface area contributed by atoms with Crippen LogP contribution in [0.2, 0.25) is 0 Å². The second kappa shape index (κ2) is 5.55. The van der Waals surface area contributed by atoms with Gasteiger partial charge in [-0.15, -0.1) is 0 Å². The van der Waals surface area contributed by atoms with E-state index in [1.807, 2.05) is 0 Å². The van der Waals surface area contributed by atoms with E-state index in [0.29, 0.717) is 11.4 Å². The standard InChI is InChI=1S/C16H14F2N4O2/c1-20-12(5-4-9-6-10(17)8-11(18)7-9)19-14-13(20)15(23)22(3)16(24)21(14)2/h4-8H,1-3H3/b5-4+. The molecule has 0 bridgehead atoms. The van der Waals surface area contributed by atoms with E-state index in [-0.39, 0.29) is 11.2 Å². The molecule has 0 N–H and O–H groups in total. The Morgan fingerprint density at radius 3 is 2.17 bits per heavy atom. The number of hydrogen-bond donors (Lipinski definition) is 0. The minimum absolute atomic E-state index is 0.246. The summed E-state index contributed by atoms with van der Waals surface area (Å²) in [5.74, 6) is -0.986. The van der Waals surface area contributed by atoms with Crippen molar-refractivity contribution >= 4 is 23.3 Å². The van der Waals surface area contributed by atoms with Crippen molar-refractivity contribution in [3.05, 3.63) is 62.1 Å². The molecule has 3 aromatic rings.